The number of nitrogen functional groups attached to an aromatic ring is 1. The number of nitrogens with zero attached hydrogens (tertiary/aromatic N) is 2. The van der Waals surface area contributed by atoms with Crippen molar-refractivity contribution in [1.29, 1.82) is 0 Å². The van der Waals surface area contributed by atoms with Gasteiger partial charge in [0.2, 0.25) is 5.95 Å². The van der Waals surface area contributed by atoms with Crippen LogP contribution in [0.4, 0.5) is 5.95 Å². The molecule has 0 aliphatic heterocycles. The third-order valence-corrected chi connectivity index (χ3v) is 5.20. The van der Waals surface area contributed by atoms with E-state index in [-0.39, 0.29) is 0 Å². The summed E-state index contributed by atoms with van der Waals surface area (Å²) in [5.74, 6) is 0.634. The lowest BCUT2D eigenvalue weighted by Crippen LogP contribution is -2.17. The van der Waals surface area contributed by atoms with Crippen molar-refractivity contribution in [3.05, 3.63) is 45.6 Å². The lowest BCUT2D eigenvalue weighted by Gasteiger charge is -2.25. The summed E-state index contributed by atoms with van der Waals surface area (Å²) < 4.78 is 2.22. The van der Waals surface area contributed by atoms with Crippen LogP contribution >= 0.6 is 11.3 Å². The second-order valence-corrected chi connectivity index (χ2v) is 6.54. The Kier molecular flexibility index (Phi) is 2.60. The summed E-state index contributed by atoms with van der Waals surface area (Å²) in [5, 5.41) is 2.20. The molecule has 0 fully saturated rings. The standard InChI is InChI=1S/C16H17N3S/c1-10-5-6-14-12(9-10)18-16(17)19(14)13-3-2-4-15-11(13)7-8-20-15/h5-9,13H,2-4H2,1H3,(H2,17,18). The van der Waals surface area contributed by atoms with E-state index in [9.17, 15) is 0 Å². The van der Waals surface area contributed by atoms with Crippen LogP contribution in [-0.4, -0.2) is 9.55 Å². The fraction of sp³-hybridized carbons (Fsp3) is 0.312. The van der Waals surface area contributed by atoms with Crippen LogP contribution in [0.15, 0.2) is 29.6 Å². The number of anilines is 1. The zero-order valence-corrected chi connectivity index (χ0v) is 12.3. The van der Waals surface area contributed by atoms with E-state index in [1.807, 2.05) is 11.3 Å². The molecular weight excluding hydrogens is 266 g/mol. The van der Waals surface area contributed by atoms with Crippen molar-refractivity contribution in [3.63, 3.8) is 0 Å². The molecule has 0 saturated heterocycles. The van der Waals surface area contributed by atoms with Crippen LogP contribution in [0.3, 0.4) is 0 Å². The van der Waals surface area contributed by atoms with Crippen LogP contribution < -0.4 is 5.73 Å². The summed E-state index contributed by atoms with van der Waals surface area (Å²) in [6.45, 7) is 2.09. The second kappa shape index (κ2) is 4.35. The number of nitrogens with two attached hydrogens (primary N) is 1. The van der Waals surface area contributed by atoms with Gasteiger partial charge in [0.25, 0.3) is 0 Å². The molecule has 0 amide bonds. The third kappa shape index (κ3) is 1.68. The van der Waals surface area contributed by atoms with Crippen molar-refractivity contribution in [3.8, 4) is 0 Å². The largest absolute Gasteiger partial charge is 0.369 e. The monoisotopic (exact) mass is 283 g/mol. The first-order valence-electron chi connectivity index (χ1n) is 7.04. The van der Waals surface area contributed by atoms with Gasteiger partial charge in [-0.1, -0.05) is 6.07 Å². The Morgan fingerprint density at radius 2 is 2.25 bits per heavy atom. The van der Waals surface area contributed by atoms with E-state index < -0.39 is 0 Å². The van der Waals surface area contributed by atoms with Gasteiger partial charge in [0.15, 0.2) is 0 Å². The zero-order chi connectivity index (χ0) is 13.7. The molecule has 1 aliphatic carbocycles. The highest BCUT2D eigenvalue weighted by Gasteiger charge is 2.25. The molecule has 1 aromatic carbocycles. The Bertz CT molecular complexity index is 784. The lowest BCUT2D eigenvalue weighted by molar-refractivity contribution is 0.510. The van der Waals surface area contributed by atoms with Crippen LogP contribution in [0.2, 0.25) is 0 Å². The zero-order valence-electron chi connectivity index (χ0n) is 11.5. The minimum Gasteiger partial charge on any atom is -0.369 e. The van der Waals surface area contributed by atoms with E-state index in [0.717, 1.165) is 17.5 Å². The maximum atomic E-state index is 6.22. The van der Waals surface area contributed by atoms with Crippen molar-refractivity contribution < 1.29 is 0 Å². The molecule has 0 saturated carbocycles. The van der Waals surface area contributed by atoms with Gasteiger partial charge >= 0.3 is 0 Å². The summed E-state index contributed by atoms with van der Waals surface area (Å²) in [4.78, 5) is 6.06. The van der Waals surface area contributed by atoms with Gasteiger partial charge in [-0.25, -0.2) is 4.98 Å². The fourth-order valence-electron chi connectivity index (χ4n) is 3.29. The van der Waals surface area contributed by atoms with Crippen molar-refractivity contribution >= 4 is 28.3 Å². The maximum absolute atomic E-state index is 6.22. The first kappa shape index (κ1) is 12.0. The first-order chi connectivity index (χ1) is 9.74. The van der Waals surface area contributed by atoms with Crippen LogP contribution in [-0.2, 0) is 6.42 Å². The van der Waals surface area contributed by atoms with Crippen molar-refractivity contribution in [1.82, 2.24) is 9.55 Å². The van der Waals surface area contributed by atoms with Gasteiger partial charge < -0.3 is 10.3 Å². The number of aryl methyl sites for hydroxylation is 2. The number of thiophene rings is 1. The molecule has 2 aromatic heterocycles. The number of benzene rings is 1. The summed E-state index contributed by atoms with van der Waals surface area (Å²) >= 11 is 1.87. The molecule has 4 heteroatoms. The van der Waals surface area contributed by atoms with E-state index in [4.69, 9.17) is 5.73 Å². The minimum absolute atomic E-state index is 0.345. The smallest absolute Gasteiger partial charge is 0.201 e. The molecule has 1 unspecified atom stereocenters. The topological polar surface area (TPSA) is 43.8 Å². The molecule has 0 bridgehead atoms. The highest BCUT2D eigenvalue weighted by atomic mass is 32.1. The Hall–Kier alpha value is -1.81. The Balaban J connectivity index is 1.94. The predicted octanol–water partition coefficient (Wildman–Crippen LogP) is 3.91. The molecule has 0 radical (unpaired) electrons. The Labute approximate surface area is 122 Å². The minimum atomic E-state index is 0.345. The van der Waals surface area contributed by atoms with Gasteiger partial charge in [-0.2, -0.15) is 0 Å². The number of fused-ring (bicyclic) bond motifs is 2. The van der Waals surface area contributed by atoms with Gasteiger partial charge in [0.1, 0.15) is 0 Å². The molecule has 4 rings (SSSR count). The van der Waals surface area contributed by atoms with Crippen LogP contribution in [0.5, 0.6) is 0 Å². The molecule has 2 N–H and O–H groups in total. The molecule has 1 aliphatic rings. The molecule has 3 aromatic rings. The summed E-state index contributed by atoms with van der Waals surface area (Å²) in [6.07, 6.45) is 3.57. The van der Waals surface area contributed by atoms with Crippen molar-refractivity contribution in [2.75, 3.05) is 5.73 Å². The lowest BCUT2D eigenvalue weighted by atomic mass is 9.93. The van der Waals surface area contributed by atoms with Crippen LogP contribution in [0.25, 0.3) is 11.0 Å². The molecule has 102 valence electrons. The third-order valence-electron chi connectivity index (χ3n) is 4.20. The van der Waals surface area contributed by atoms with Gasteiger partial charge in [0, 0.05) is 4.88 Å². The Morgan fingerprint density at radius 1 is 1.35 bits per heavy atom. The maximum Gasteiger partial charge on any atom is 0.201 e. The SMILES string of the molecule is Cc1ccc2c(c1)nc(N)n2C1CCCc2sccc21. The fourth-order valence-corrected chi connectivity index (χ4v) is 4.27. The van der Waals surface area contributed by atoms with E-state index in [1.165, 1.54) is 28.8 Å². The molecule has 2 heterocycles. The molecule has 0 spiro atoms. The normalized spacial score (nSPS) is 18.4. The number of hydrogen-bond acceptors (Lipinski definition) is 3. The van der Waals surface area contributed by atoms with E-state index in [0.29, 0.717) is 12.0 Å². The highest BCUT2D eigenvalue weighted by molar-refractivity contribution is 7.10. The van der Waals surface area contributed by atoms with E-state index in [2.05, 4.69) is 46.1 Å². The van der Waals surface area contributed by atoms with Crippen molar-refractivity contribution in [2.45, 2.75) is 32.2 Å². The van der Waals surface area contributed by atoms with E-state index >= 15 is 0 Å². The Morgan fingerprint density at radius 3 is 3.15 bits per heavy atom. The van der Waals surface area contributed by atoms with Gasteiger partial charge in [-0.3, -0.25) is 0 Å². The summed E-state index contributed by atoms with van der Waals surface area (Å²) in [6, 6.07) is 8.99. The first-order valence-corrected chi connectivity index (χ1v) is 7.92. The summed E-state index contributed by atoms with van der Waals surface area (Å²) in [5.41, 5.74) is 11.0. The molecule has 20 heavy (non-hydrogen) atoms. The number of aromatic nitrogens is 2. The average molecular weight is 283 g/mol. The molecule has 3 nitrogen and oxygen atoms in total. The van der Waals surface area contributed by atoms with Gasteiger partial charge in [-0.05, 0) is 60.9 Å². The molecule has 1 atom stereocenters. The molecular formula is C16H17N3S. The van der Waals surface area contributed by atoms with Crippen LogP contribution in [0, 0.1) is 6.92 Å². The van der Waals surface area contributed by atoms with Crippen molar-refractivity contribution in [2.24, 2.45) is 0 Å². The highest BCUT2D eigenvalue weighted by Crippen LogP contribution is 2.38. The number of hydrogen-bond donors (Lipinski definition) is 1. The van der Waals surface area contributed by atoms with Gasteiger partial charge in [-0.15, -0.1) is 11.3 Å². The number of rotatable bonds is 1. The predicted molar refractivity (Wildman–Crippen MR) is 84.3 cm³/mol. The average Bonchev–Trinajstić information content (AvgIpc) is 3.01. The van der Waals surface area contributed by atoms with Crippen LogP contribution in [0.1, 0.15) is 34.9 Å². The quantitative estimate of drug-likeness (QED) is 0.735. The van der Waals surface area contributed by atoms with E-state index in [1.54, 1.807) is 0 Å². The second-order valence-electron chi connectivity index (χ2n) is 5.54. The van der Waals surface area contributed by atoms with Gasteiger partial charge in [0.05, 0.1) is 17.1 Å². The number of imidazole rings is 1. The summed E-state index contributed by atoms with van der Waals surface area (Å²) in [7, 11) is 0.